The maximum Gasteiger partial charge on any atom is 0.253 e. The zero-order valence-electron chi connectivity index (χ0n) is 9.14. The van der Waals surface area contributed by atoms with Gasteiger partial charge >= 0.3 is 0 Å². The number of carbonyl (C=O) groups excluding carboxylic acids is 1. The first kappa shape index (κ1) is 11.9. The van der Waals surface area contributed by atoms with Gasteiger partial charge in [-0.25, -0.2) is 4.39 Å². The molecular weight excluding hydrogens is 241 g/mol. The molecule has 5 N–H and O–H groups in total. The van der Waals surface area contributed by atoms with Crippen LogP contribution < -0.4 is 16.6 Å². The van der Waals surface area contributed by atoms with Gasteiger partial charge in [0.05, 0.1) is 17.8 Å². The van der Waals surface area contributed by atoms with Crippen LogP contribution in [0.4, 0.5) is 10.1 Å². The van der Waals surface area contributed by atoms with Crippen molar-refractivity contribution in [2.24, 2.45) is 5.84 Å². The lowest BCUT2D eigenvalue weighted by Crippen LogP contribution is -2.25. The third-order valence-electron chi connectivity index (χ3n) is 2.20. The fraction of sp³-hybridized carbons (Fsp3) is 0.111. The molecule has 2 aromatic rings. The fourth-order valence-corrected chi connectivity index (χ4v) is 1.37. The molecule has 0 aliphatic carbocycles. The van der Waals surface area contributed by atoms with E-state index in [1.54, 1.807) is 0 Å². The summed E-state index contributed by atoms with van der Waals surface area (Å²) in [5, 5.41) is 15.4. The van der Waals surface area contributed by atoms with Gasteiger partial charge in [-0.3, -0.25) is 10.6 Å². The summed E-state index contributed by atoms with van der Waals surface area (Å²) in [6, 6.07) is 4.06. The summed E-state index contributed by atoms with van der Waals surface area (Å²) in [6.07, 6.45) is 0. The van der Waals surface area contributed by atoms with Gasteiger partial charge in [-0.2, -0.15) is 5.21 Å². The maximum atomic E-state index is 13.4. The van der Waals surface area contributed by atoms with Gasteiger partial charge in [0.25, 0.3) is 5.91 Å². The van der Waals surface area contributed by atoms with Gasteiger partial charge < -0.3 is 10.7 Å². The lowest BCUT2D eigenvalue weighted by Gasteiger charge is -2.09. The first-order chi connectivity index (χ1) is 8.72. The van der Waals surface area contributed by atoms with Crippen LogP contribution in [0.3, 0.4) is 0 Å². The van der Waals surface area contributed by atoms with Crippen molar-refractivity contribution in [1.82, 2.24) is 25.9 Å². The van der Waals surface area contributed by atoms with Gasteiger partial charge in [0.15, 0.2) is 5.82 Å². The Labute approximate surface area is 101 Å². The van der Waals surface area contributed by atoms with E-state index in [-0.39, 0.29) is 17.8 Å². The number of hydrazine groups is 1. The lowest BCUT2D eigenvalue weighted by atomic mass is 10.1. The summed E-state index contributed by atoms with van der Waals surface area (Å²) >= 11 is 0. The molecule has 0 fully saturated rings. The summed E-state index contributed by atoms with van der Waals surface area (Å²) in [5.74, 6) is 4.39. The summed E-state index contributed by atoms with van der Waals surface area (Å²) in [5.41, 5.74) is 2.18. The van der Waals surface area contributed by atoms with Crippen LogP contribution in [0.1, 0.15) is 16.2 Å². The molecule has 0 saturated heterocycles. The number of hydrogen-bond donors (Lipinski definition) is 4. The molecule has 1 aromatic heterocycles. The minimum absolute atomic E-state index is 0.0666. The monoisotopic (exact) mass is 251 g/mol. The number of amides is 1. The highest BCUT2D eigenvalue weighted by Crippen LogP contribution is 2.18. The third-order valence-corrected chi connectivity index (χ3v) is 2.20. The molecule has 0 atom stereocenters. The van der Waals surface area contributed by atoms with E-state index in [1.807, 2.05) is 0 Å². The van der Waals surface area contributed by atoms with Crippen molar-refractivity contribution in [2.75, 3.05) is 5.43 Å². The summed E-state index contributed by atoms with van der Waals surface area (Å²) < 4.78 is 13.4. The van der Waals surface area contributed by atoms with Gasteiger partial charge in [0.2, 0.25) is 0 Å². The molecule has 1 amide bonds. The van der Waals surface area contributed by atoms with Crippen LogP contribution >= 0.6 is 0 Å². The zero-order chi connectivity index (χ0) is 13.0. The van der Waals surface area contributed by atoms with E-state index in [0.29, 0.717) is 5.82 Å². The van der Waals surface area contributed by atoms with Crippen LogP contribution in [0.15, 0.2) is 18.2 Å². The van der Waals surface area contributed by atoms with Crippen molar-refractivity contribution in [2.45, 2.75) is 6.54 Å². The summed E-state index contributed by atoms with van der Waals surface area (Å²) in [4.78, 5) is 11.8. The summed E-state index contributed by atoms with van der Waals surface area (Å²) in [7, 11) is 0. The van der Waals surface area contributed by atoms with E-state index >= 15 is 0 Å². The highest BCUT2D eigenvalue weighted by atomic mass is 19.1. The lowest BCUT2D eigenvalue weighted by molar-refractivity contribution is 0.0950. The number of para-hydroxylation sites is 1. The highest BCUT2D eigenvalue weighted by molar-refractivity contribution is 5.99. The largest absolute Gasteiger partial charge is 0.345 e. The predicted molar refractivity (Wildman–Crippen MR) is 59.6 cm³/mol. The number of nitrogens with one attached hydrogen (secondary N) is 3. The number of rotatable bonds is 4. The van der Waals surface area contributed by atoms with E-state index < -0.39 is 11.7 Å². The van der Waals surface area contributed by atoms with E-state index in [2.05, 4.69) is 31.4 Å². The summed E-state index contributed by atoms with van der Waals surface area (Å²) in [6.45, 7) is 0.0792. The normalized spacial score (nSPS) is 10.1. The Hall–Kier alpha value is -2.55. The van der Waals surface area contributed by atoms with Crippen molar-refractivity contribution in [3.8, 4) is 0 Å². The second-order valence-corrected chi connectivity index (χ2v) is 3.32. The van der Waals surface area contributed by atoms with Gasteiger partial charge in [-0.1, -0.05) is 11.3 Å². The molecule has 0 bridgehead atoms. The number of H-pyrrole nitrogens is 1. The molecular formula is C9H10FN7O. The number of carbonyl (C=O) groups is 1. The average Bonchev–Trinajstić information content (AvgIpc) is 2.88. The highest BCUT2D eigenvalue weighted by Gasteiger charge is 2.14. The molecule has 8 nitrogen and oxygen atoms in total. The van der Waals surface area contributed by atoms with Crippen molar-refractivity contribution < 1.29 is 9.18 Å². The minimum Gasteiger partial charge on any atom is -0.345 e. The van der Waals surface area contributed by atoms with Crippen molar-refractivity contribution in [3.05, 3.63) is 35.4 Å². The second kappa shape index (κ2) is 5.19. The molecule has 1 heterocycles. The standard InChI is InChI=1S/C9H10FN7O/c10-6-3-1-2-5(8(6)13-11)9(18)12-4-7-14-16-17-15-7/h1-3,13H,4,11H2,(H,12,18)(H,14,15,16,17). The van der Waals surface area contributed by atoms with Crippen molar-refractivity contribution in [1.29, 1.82) is 0 Å². The fourth-order valence-electron chi connectivity index (χ4n) is 1.37. The van der Waals surface area contributed by atoms with Gasteiger partial charge in [0, 0.05) is 0 Å². The molecule has 0 spiro atoms. The number of halogens is 1. The average molecular weight is 251 g/mol. The number of aromatic amines is 1. The number of hydrogen-bond acceptors (Lipinski definition) is 6. The van der Waals surface area contributed by atoms with Gasteiger partial charge in [-0.15, -0.1) is 10.2 Å². The first-order valence-corrected chi connectivity index (χ1v) is 4.98. The molecule has 0 aliphatic heterocycles. The molecule has 0 saturated carbocycles. The first-order valence-electron chi connectivity index (χ1n) is 4.98. The number of nitrogens with two attached hydrogens (primary N) is 1. The van der Waals surface area contributed by atoms with Crippen LogP contribution in [0, 0.1) is 5.82 Å². The number of aromatic nitrogens is 4. The predicted octanol–water partition coefficient (Wildman–Crippen LogP) is -0.446. The minimum atomic E-state index is -0.607. The SMILES string of the molecule is NNc1c(F)cccc1C(=O)NCc1nn[nH]n1. The molecule has 18 heavy (non-hydrogen) atoms. The van der Waals surface area contributed by atoms with E-state index in [9.17, 15) is 9.18 Å². The number of tetrazole rings is 1. The van der Waals surface area contributed by atoms with Crippen molar-refractivity contribution in [3.63, 3.8) is 0 Å². The number of anilines is 1. The maximum absolute atomic E-state index is 13.4. The van der Waals surface area contributed by atoms with Crippen LogP contribution in [0.25, 0.3) is 0 Å². The van der Waals surface area contributed by atoms with Crippen LogP contribution in [0.2, 0.25) is 0 Å². The van der Waals surface area contributed by atoms with Crippen molar-refractivity contribution >= 4 is 11.6 Å². The van der Waals surface area contributed by atoms with E-state index in [1.165, 1.54) is 18.2 Å². The van der Waals surface area contributed by atoms with Crippen LogP contribution in [-0.4, -0.2) is 26.5 Å². The molecule has 0 radical (unpaired) electrons. The molecule has 0 aliphatic rings. The van der Waals surface area contributed by atoms with Crippen LogP contribution in [-0.2, 0) is 6.54 Å². The van der Waals surface area contributed by atoms with Gasteiger partial charge in [-0.05, 0) is 12.1 Å². The Morgan fingerprint density at radius 1 is 1.50 bits per heavy atom. The molecule has 0 unspecified atom stereocenters. The molecule has 1 aromatic carbocycles. The Bertz CT molecular complexity index is 542. The number of nitrogens with zero attached hydrogens (tertiary/aromatic N) is 3. The third kappa shape index (κ3) is 2.40. The van der Waals surface area contributed by atoms with Gasteiger partial charge in [0.1, 0.15) is 5.82 Å². The Morgan fingerprint density at radius 3 is 3.00 bits per heavy atom. The molecule has 9 heteroatoms. The molecule has 94 valence electrons. The van der Waals surface area contributed by atoms with Crippen LogP contribution in [0.5, 0.6) is 0 Å². The Morgan fingerprint density at radius 2 is 2.33 bits per heavy atom. The number of nitrogen functional groups attached to an aromatic ring is 1. The number of benzene rings is 1. The Balaban J connectivity index is 2.11. The molecule has 2 rings (SSSR count). The Kier molecular flexibility index (Phi) is 3.44. The second-order valence-electron chi connectivity index (χ2n) is 3.32. The zero-order valence-corrected chi connectivity index (χ0v) is 9.14. The smallest absolute Gasteiger partial charge is 0.253 e. The van der Waals surface area contributed by atoms with E-state index in [4.69, 9.17) is 5.84 Å². The topological polar surface area (TPSA) is 122 Å². The quantitative estimate of drug-likeness (QED) is 0.431. The van der Waals surface area contributed by atoms with E-state index in [0.717, 1.165) is 0 Å².